The third-order valence-electron chi connectivity index (χ3n) is 2.93. The van der Waals surface area contributed by atoms with Gasteiger partial charge in [0.1, 0.15) is 12.8 Å². The van der Waals surface area contributed by atoms with E-state index in [9.17, 15) is 23.6 Å². The standard InChI is InChI=1S/C14H19FO9/c1-6(16)20-11-10(5-15)24-14(23-9(4)19)13(22-8(3)18)12(11)21-7(2)17/h10-14H,5H2,1-4H3/t10-,11+,12+,13-,14+/m0/s1. The topological polar surface area (TPSA) is 114 Å². The highest BCUT2D eigenvalue weighted by Crippen LogP contribution is 2.29. The zero-order valence-corrected chi connectivity index (χ0v) is 13.6. The minimum absolute atomic E-state index is 0.785. The molecule has 1 rings (SSSR count). The first-order valence-electron chi connectivity index (χ1n) is 7.06. The summed E-state index contributed by atoms with van der Waals surface area (Å²) < 4.78 is 38.4. The molecule has 10 heteroatoms. The maximum Gasteiger partial charge on any atom is 0.305 e. The van der Waals surface area contributed by atoms with Crippen LogP contribution in [0.15, 0.2) is 0 Å². The zero-order valence-electron chi connectivity index (χ0n) is 13.6. The second kappa shape index (κ2) is 8.57. The molecule has 136 valence electrons. The number of alkyl halides is 1. The first kappa shape index (κ1) is 19.8. The molecule has 0 radical (unpaired) electrons. The second-order valence-electron chi connectivity index (χ2n) is 5.03. The van der Waals surface area contributed by atoms with Crippen molar-refractivity contribution in [2.75, 3.05) is 6.67 Å². The Labute approximate surface area is 137 Å². The Morgan fingerprint density at radius 1 is 0.750 bits per heavy atom. The lowest BCUT2D eigenvalue weighted by atomic mass is 9.98. The number of rotatable bonds is 5. The minimum Gasteiger partial charge on any atom is -0.456 e. The van der Waals surface area contributed by atoms with Gasteiger partial charge in [-0.25, -0.2) is 4.39 Å². The van der Waals surface area contributed by atoms with E-state index in [-0.39, 0.29) is 0 Å². The van der Waals surface area contributed by atoms with Crippen molar-refractivity contribution in [3.8, 4) is 0 Å². The number of carbonyl (C=O) groups excluding carboxylic acids is 4. The average Bonchev–Trinajstić information content (AvgIpc) is 2.42. The molecule has 0 aromatic heterocycles. The number of carbonyl (C=O) groups is 4. The van der Waals surface area contributed by atoms with Crippen LogP contribution >= 0.6 is 0 Å². The van der Waals surface area contributed by atoms with Gasteiger partial charge in [-0.3, -0.25) is 19.2 Å². The Morgan fingerprint density at radius 3 is 1.58 bits per heavy atom. The van der Waals surface area contributed by atoms with E-state index >= 15 is 0 Å². The van der Waals surface area contributed by atoms with Crippen molar-refractivity contribution in [3.05, 3.63) is 0 Å². The SMILES string of the molecule is CC(=O)O[C@@H]1O[C@@H](CF)[C@@H](OC(C)=O)[C@@H](OC(C)=O)[C@@H]1OC(C)=O. The summed E-state index contributed by atoms with van der Waals surface area (Å²) in [6, 6.07) is 0. The molecule has 5 atom stereocenters. The monoisotopic (exact) mass is 350 g/mol. The number of halogens is 1. The normalized spacial score (nSPS) is 29.3. The molecule has 0 aliphatic carbocycles. The fourth-order valence-corrected chi connectivity index (χ4v) is 2.24. The van der Waals surface area contributed by atoms with Crippen molar-refractivity contribution in [1.29, 1.82) is 0 Å². The molecule has 1 saturated heterocycles. The molecular formula is C14H19FO9. The van der Waals surface area contributed by atoms with Crippen LogP contribution in [-0.4, -0.2) is 61.3 Å². The first-order chi connectivity index (χ1) is 11.1. The summed E-state index contributed by atoms with van der Waals surface area (Å²) in [5.74, 6) is -3.16. The van der Waals surface area contributed by atoms with Gasteiger partial charge in [-0.1, -0.05) is 0 Å². The number of esters is 4. The molecule has 1 fully saturated rings. The van der Waals surface area contributed by atoms with E-state index in [1.165, 1.54) is 0 Å². The summed E-state index contributed by atoms with van der Waals surface area (Å²) in [5, 5.41) is 0. The molecule has 0 aromatic rings. The van der Waals surface area contributed by atoms with E-state index in [1.807, 2.05) is 0 Å². The number of hydrogen-bond acceptors (Lipinski definition) is 9. The summed E-state index contributed by atoms with van der Waals surface area (Å²) in [6.45, 7) is 3.14. The van der Waals surface area contributed by atoms with Crippen LogP contribution in [0.25, 0.3) is 0 Å². The third kappa shape index (κ3) is 5.44. The Kier molecular flexibility index (Phi) is 7.08. The Bertz CT molecular complexity index is 506. The second-order valence-corrected chi connectivity index (χ2v) is 5.03. The summed E-state index contributed by atoms with van der Waals surface area (Å²) in [6.07, 6.45) is -7.12. The van der Waals surface area contributed by atoms with Gasteiger partial charge in [0, 0.05) is 27.7 Å². The van der Waals surface area contributed by atoms with Gasteiger partial charge in [-0.2, -0.15) is 0 Å². The maximum absolute atomic E-state index is 13.3. The molecular weight excluding hydrogens is 331 g/mol. The van der Waals surface area contributed by atoms with Gasteiger partial charge in [0.05, 0.1) is 0 Å². The first-order valence-corrected chi connectivity index (χ1v) is 7.06. The van der Waals surface area contributed by atoms with E-state index in [0.29, 0.717) is 0 Å². The van der Waals surface area contributed by atoms with Crippen molar-refractivity contribution in [2.24, 2.45) is 0 Å². The van der Waals surface area contributed by atoms with E-state index in [4.69, 9.17) is 23.7 Å². The fraction of sp³-hybridized carbons (Fsp3) is 0.714. The van der Waals surface area contributed by atoms with Gasteiger partial charge in [0.15, 0.2) is 12.2 Å². The van der Waals surface area contributed by atoms with Crippen molar-refractivity contribution >= 4 is 23.9 Å². The molecule has 24 heavy (non-hydrogen) atoms. The van der Waals surface area contributed by atoms with Crippen molar-refractivity contribution in [3.63, 3.8) is 0 Å². The highest BCUT2D eigenvalue weighted by molar-refractivity contribution is 5.69. The Hall–Kier alpha value is -2.23. The smallest absolute Gasteiger partial charge is 0.305 e. The molecule has 0 unspecified atom stereocenters. The highest BCUT2D eigenvalue weighted by atomic mass is 19.1. The van der Waals surface area contributed by atoms with Gasteiger partial charge in [0.25, 0.3) is 0 Å². The number of hydrogen-bond donors (Lipinski definition) is 0. The van der Waals surface area contributed by atoms with Crippen LogP contribution < -0.4 is 0 Å². The lowest BCUT2D eigenvalue weighted by Crippen LogP contribution is -2.62. The van der Waals surface area contributed by atoms with E-state index < -0.39 is 61.3 Å². The fourth-order valence-electron chi connectivity index (χ4n) is 2.24. The molecule has 0 aromatic carbocycles. The molecule has 0 bridgehead atoms. The lowest BCUT2D eigenvalue weighted by molar-refractivity contribution is -0.297. The van der Waals surface area contributed by atoms with E-state index in [2.05, 4.69) is 0 Å². The Balaban J connectivity index is 3.23. The van der Waals surface area contributed by atoms with Crippen LogP contribution in [-0.2, 0) is 42.9 Å². The summed E-state index contributed by atoms with van der Waals surface area (Å²) in [4.78, 5) is 45.1. The van der Waals surface area contributed by atoms with Crippen molar-refractivity contribution in [1.82, 2.24) is 0 Å². The van der Waals surface area contributed by atoms with E-state index in [1.54, 1.807) is 0 Å². The van der Waals surface area contributed by atoms with E-state index in [0.717, 1.165) is 27.7 Å². The van der Waals surface area contributed by atoms with Gasteiger partial charge in [-0.15, -0.1) is 0 Å². The predicted molar refractivity (Wildman–Crippen MR) is 73.1 cm³/mol. The minimum atomic E-state index is -1.52. The van der Waals surface area contributed by atoms with Crippen LogP contribution in [0.1, 0.15) is 27.7 Å². The van der Waals surface area contributed by atoms with Crippen LogP contribution in [0.2, 0.25) is 0 Å². The summed E-state index contributed by atoms with van der Waals surface area (Å²) in [7, 11) is 0. The zero-order chi connectivity index (χ0) is 18.4. The highest BCUT2D eigenvalue weighted by Gasteiger charge is 2.53. The van der Waals surface area contributed by atoms with Crippen LogP contribution in [0, 0.1) is 0 Å². The van der Waals surface area contributed by atoms with Crippen LogP contribution in [0.4, 0.5) is 4.39 Å². The van der Waals surface area contributed by atoms with Crippen LogP contribution in [0.3, 0.4) is 0 Å². The predicted octanol–water partition coefficient (Wildman–Crippen LogP) is 0.0390. The van der Waals surface area contributed by atoms with Crippen LogP contribution in [0.5, 0.6) is 0 Å². The maximum atomic E-state index is 13.3. The van der Waals surface area contributed by atoms with Gasteiger partial charge >= 0.3 is 23.9 Å². The number of ether oxygens (including phenoxy) is 5. The van der Waals surface area contributed by atoms with Crippen molar-refractivity contribution in [2.45, 2.75) is 58.4 Å². The largest absolute Gasteiger partial charge is 0.456 e. The molecule has 1 aliphatic heterocycles. The van der Waals surface area contributed by atoms with Crippen molar-refractivity contribution < 1.29 is 47.3 Å². The van der Waals surface area contributed by atoms with Gasteiger partial charge in [0.2, 0.25) is 12.4 Å². The quantitative estimate of drug-likeness (QED) is 0.500. The molecule has 9 nitrogen and oxygen atoms in total. The molecule has 0 amide bonds. The molecule has 1 heterocycles. The summed E-state index contributed by atoms with van der Waals surface area (Å²) >= 11 is 0. The molecule has 0 N–H and O–H groups in total. The molecule has 0 spiro atoms. The molecule has 0 saturated carbocycles. The van der Waals surface area contributed by atoms with Gasteiger partial charge < -0.3 is 23.7 Å². The average molecular weight is 350 g/mol. The van der Waals surface area contributed by atoms with Gasteiger partial charge in [-0.05, 0) is 0 Å². The molecule has 1 aliphatic rings. The Morgan fingerprint density at radius 2 is 1.17 bits per heavy atom. The lowest BCUT2D eigenvalue weighted by Gasteiger charge is -2.43. The summed E-state index contributed by atoms with van der Waals surface area (Å²) in [5.41, 5.74) is 0. The third-order valence-corrected chi connectivity index (χ3v) is 2.93.